The lowest BCUT2D eigenvalue weighted by Gasteiger charge is -2.15. The molecule has 2 heterocycles. The smallest absolute Gasteiger partial charge is 0.0871 e. The molecule has 5 nitrogen and oxygen atoms in total. The van der Waals surface area contributed by atoms with E-state index in [4.69, 9.17) is 0 Å². The first-order valence-corrected chi connectivity index (χ1v) is 6.10. The van der Waals surface area contributed by atoms with Gasteiger partial charge in [0, 0.05) is 12.7 Å². The molecule has 0 aromatic carbocycles. The van der Waals surface area contributed by atoms with Crippen molar-refractivity contribution in [3.63, 3.8) is 0 Å². The van der Waals surface area contributed by atoms with Crippen LogP contribution in [0.3, 0.4) is 0 Å². The molecule has 0 amide bonds. The van der Waals surface area contributed by atoms with E-state index in [1.54, 1.807) is 6.20 Å². The standard InChI is InChI=1S/C10H15N5S/c1-3-6-15-8(4-5-13-15)10(11-2)9-7-12-14-16-9/h4-5,7,10-11H,3,6H2,1-2H3. The lowest BCUT2D eigenvalue weighted by atomic mass is 10.2. The van der Waals surface area contributed by atoms with Crippen molar-refractivity contribution < 1.29 is 0 Å². The van der Waals surface area contributed by atoms with Crippen LogP contribution in [0.2, 0.25) is 0 Å². The molecule has 1 atom stereocenters. The Balaban J connectivity index is 2.30. The van der Waals surface area contributed by atoms with Crippen LogP contribution < -0.4 is 5.32 Å². The van der Waals surface area contributed by atoms with Crippen molar-refractivity contribution in [2.45, 2.75) is 25.9 Å². The second-order valence-corrected chi connectivity index (χ2v) is 4.34. The molecule has 0 aliphatic carbocycles. The molecule has 0 saturated heterocycles. The molecule has 0 aliphatic rings. The highest BCUT2D eigenvalue weighted by Gasteiger charge is 2.18. The third-order valence-electron chi connectivity index (χ3n) is 2.43. The predicted octanol–water partition coefficient (Wildman–Crippen LogP) is 1.45. The second kappa shape index (κ2) is 5.18. The molecule has 2 aromatic heterocycles. The number of aromatic nitrogens is 4. The minimum absolute atomic E-state index is 0.133. The van der Waals surface area contributed by atoms with Crippen LogP contribution in [0.1, 0.15) is 30.0 Å². The topological polar surface area (TPSA) is 55.6 Å². The molecular weight excluding hydrogens is 222 g/mol. The van der Waals surface area contributed by atoms with Crippen molar-refractivity contribution >= 4 is 11.5 Å². The van der Waals surface area contributed by atoms with Crippen LogP contribution in [0.4, 0.5) is 0 Å². The van der Waals surface area contributed by atoms with E-state index in [-0.39, 0.29) is 6.04 Å². The van der Waals surface area contributed by atoms with Gasteiger partial charge in [-0.15, -0.1) is 5.10 Å². The summed E-state index contributed by atoms with van der Waals surface area (Å²) in [4.78, 5) is 1.11. The van der Waals surface area contributed by atoms with E-state index < -0.39 is 0 Å². The number of nitrogens with one attached hydrogen (secondary N) is 1. The van der Waals surface area contributed by atoms with Crippen molar-refractivity contribution in [2.75, 3.05) is 7.05 Å². The van der Waals surface area contributed by atoms with E-state index >= 15 is 0 Å². The fraction of sp³-hybridized carbons (Fsp3) is 0.500. The summed E-state index contributed by atoms with van der Waals surface area (Å²) in [5.74, 6) is 0. The molecule has 0 bridgehead atoms. The molecule has 0 saturated carbocycles. The predicted molar refractivity (Wildman–Crippen MR) is 63.3 cm³/mol. The highest BCUT2D eigenvalue weighted by Crippen LogP contribution is 2.23. The van der Waals surface area contributed by atoms with Gasteiger partial charge in [0.2, 0.25) is 0 Å². The SMILES string of the molecule is CCCn1nccc1C(NC)c1cnns1. The lowest BCUT2D eigenvalue weighted by molar-refractivity contribution is 0.537. The zero-order valence-electron chi connectivity index (χ0n) is 9.42. The molecule has 0 aliphatic heterocycles. The third kappa shape index (κ3) is 2.12. The number of rotatable bonds is 5. The summed E-state index contributed by atoms with van der Waals surface area (Å²) in [5, 5.41) is 11.5. The Hall–Kier alpha value is -1.27. The summed E-state index contributed by atoms with van der Waals surface area (Å²) in [6.07, 6.45) is 4.71. The van der Waals surface area contributed by atoms with Crippen molar-refractivity contribution in [3.05, 3.63) is 29.0 Å². The van der Waals surface area contributed by atoms with Gasteiger partial charge in [-0.1, -0.05) is 11.4 Å². The molecule has 16 heavy (non-hydrogen) atoms. The highest BCUT2D eigenvalue weighted by atomic mass is 32.1. The largest absolute Gasteiger partial charge is 0.307 e. The van der Waals surface area contributed by atoms with Crippen LogP contribution in [0.5, 0.6) is 0 Å². The summed E-state index contributed by atoms with van der Waals surface area (Å²) >= 11 is 1.42. The first-order valence-electron chi connectivity index (χ1n) is 5.33. The first-order chi connectivity index (χ1) is 7.86. The Morgan fingerprint density at radius 2 is 2.44 bits per heavy atom. The molecule has 0 radical (unpaired) electrons. The van der Waals surface area contributed by atoms with Gasteiger partial charge < -0.3 is 5.32 Å². The molecule has 6 heteroatoms. The Labute approximate surface area is 98.7 Å². The van der Waals surface area contributed by atoms with Crippen LogP contribution in [0, 0.1) is 0 Å². The average molecular weight is 237 g/mol. The van der Waals surface area contributed by atoms with Gasteiger partial charge >= 0.3 is 0 Å². The van der Waals surface area contributed by atoms with Crippen LogP contribution in [-0.2, 0) is 6.54 Å². The summed E-state index contributed by atoms with van der Waals surface area (Å²) in [6, 6.07) is 2.17. The van der Waals surface area contributed by atoms with Gasteiger partial charge in [0.15, 0.2) is 0 Å². The van der Waals surface area contributed by atoms with Gasteiger partial charge in [-0.25, -0.2) is 0 Å². The maximum Gasteiger partial charge on any atom is 0.0871 e. The molecule has 86 valence electrons. The average Bonchev–Trinajstić information content (AvgIpc) is 2.92. The van der Waals surface area contributed by atoms with E-state index in [0.29, 0.717) is 0 Å². The Kier molecular flexibility index (Phi) is 3.63. The number of nitrogens with zero attached hydrogens (tertiary/aromatic N) is 4. The molecule has 0 fully saturated rings. The van der Waals surface area contributed by atoms with E-state index in [1.807, 2.05) is 24.0 Å². The summed E-state index contributed by atoms with van der Waals surface area (Å²) < 4.78 is 5.93. The van der Waals surface area contributed by atoms with Crippen molar-refractivity contribution in [2.24, 2.45) is 0 Å². The quantitative estimate of drug-likeness (QED) is 0.855. The van der Waals surface area contributed by atoms with E-state index in [1.165, 1.54) is 11.5 Å². The summed E-state index contributed by atoms with van der Waals surface area (Å²) in [5.41, 5.74) is 1.16. The maximum absolute atomic E-state index is 4.33. The second-order valence-electron chi connectivity index (χ2n) is 3.52. The van der Waals surface area contributed by atoms with Gasteiger partial charge in [-0.2, -0.15) is 5.10 Å². The third-order valence-corrected chi connectivity index (χ3v) is 3.16. The monoisotopic (exact) mass is 237 g/mol. The summed E-state index contributed by atoms with van der Waals surface area (Å²) in [6.45, 7) is 3.08. The molecule has 0 spiro atoms. The zero-order valence-corrected chi connectivity index (χ0v) is 10.2. The highest BCUT2D eigenvalue weighted by molar-refractivity contribution is 7.05. The number of aryl methyl sites for hydroxylation is 1. The molecule has 1 unspecified atom stereocenters. The van der Waals surface area contributed by atoms with Crippen LogP contribution in [0.25, 0.3) is 0 Å². The van der Waals surface area contributed by atoms with Crippen LogP contribution in [-0.4, -0.2) is 26.4 Å². The normalized spacial score (nSPS) is 12.9. The minimum Gasteiger partial charge on any atom is -0.307 e. The van der Waals surface area contributed by atoms with Crippen LogP contribution >= 0.6 is 11.5 Å². The van der Waals surface area contributed by atoms with Gasteiger partial charge in [0.25, 0.3) is 0 Å². The van der Waals surface area contributed by atoms with Gasteiger partial charge in [0.1, 0.15) is 0 Å². The number of hydrogen-bond donors (Lipinski definition) is 1. The van der Waals surface area contributed by atoms with Crippen molar-refractivity contribution in [3.8, 4) is 0 Å². The van der Waals surface area contributed by atoms with Crippen LogP contribution in [0.15, 0.2) is 18.5 Å². The van der Waals surface area contributed by atoms with E-state index in [2.05, 4.69) is 26.9 Å². The zero-order chi connectivity index (χ0) is 11.4. The maximum atomic E-state index is 4.33. The van der Waals surface area contributed by atoms with Gasteiger partial charge in [-0.05, 0) is 31.1 Å². The fourth-order valence-electron chi connectivity index (χ4n) is 1.72. The minimum atomic E-state index is 0.133. The Bertz CT molecular complexity index is 422. The summed E-state index contributed by atoms with van der Waals surface area (Å²) in [7, 11) is 1.94. The first kappa shape index (κ1) is 11.2. The van der Waals surface area contributed by atoms with Gasteiger partial charge in [-0.3, -0.25) is 4.68 Å². The van der Waals surface area contributed by atoms with Gasteiger partial charge in [0.05, 0.1) is 22.8 Å². The van der Waals surface area contributed by atoms with E-state index in [0.717, 1.165) is 23.5 Å². The Morgan fingerprint density at radius 1 is 1.56 bits per heavy atom. The fourth-order valence-corrected chi connectivity index (χ4v) is 2.35. The lowest BCUT2D eigenvalue weighted by Crippen LogP contribution is -2.20. The number of hydrogen-bond acceptors (Lipinski definition) is 5. The molecule has 2 rings (SSSR count). The van der Waals surface area contributed by atoms with Crippen molar-refractivity contribution in [1.29, 1.82) is 0 Å². The Morgan fingerprint density at radius 3 is 3.06 bits per heavy atom. The molecule has 2 aromatic rings. The molecular formula is C10H15N5S. The molecule has 1 N–H and O–H groups in total. The van der Waals surface area contributed by atoms with Crippen molar-refractivity contribution in [1.82, 2.24) is 24.7 Å². The van der Waals surface area contributed by atoms with E-state index in [9.17, 15) is 0 Å².